The van der Waals surface area contributed by atoms with Crippen molar-refractivity contribution in [2.24, 2.45) is 0 Å². The fourth-order valence-electron chi connectivity index (χ4n) is 3.79. The summed E-state index contributed by atoms with van der Waals surface area (Å²) in [6.07, 6.45) is 18.9. The lowest BCUT2D eigenvalue weighted by atomic mass is 10.0. The molecule has 0 spiro atoms. The van der Waals surface area contributed by atoms with Gasteiger partial charge in [0.05, 0.1) is 46.2 Å². The molecule has 0 fully saturated rings. The molecule has 0 saturated carbocycles. The maximum Gasteiger partial charge on any atom is 0.410 e. The molecule has 0 aromatic heterocycles. The second-order valence-corrected chi connectivity index (χ2v) is 10.9. The van der Waals surface area contributed by atoms with Crippen LogP contribution < -0.4 is 0 Å². The van der Waals surface area contributed by atoms with Gasteiger partial charge in [0.15, 0.2) is 0 Å². The van der Waals surface area contributed by atoms with Gasteiger partial charge in [-0.15, -0.1) is 0 Å². The molecule has 0 unspecified atom stereocenters. The number of carbonyl (C=O) groups is 1. The summed E-state index contributed by atoms with van der Waals surface area (Å²) in [5.74, 6) is 0. The normalized spacial score (nSPS) is 11.7. The highest BCUT2D eigenvalue weighted by Crippen LogP contribution is 2.13. The van der Waals surface area contributed by atoms with E-state index in [-0.39, 0.29) is 6.09 Å². The van der Waals surface area contributed by atoms with Crippen molar-refractivity contribution in [3.63, 3.8) is 0 Å². The van der Waals surface area contributed by atoms with Crippen LogP contribution >= 0.6 is 0 Å². The molecule has 0 N–H and O–H groups in total. The number of hydrogen-bond donors (Lipinski definition) is 0. The summed E-state index contributed by atoms with van der Waals surface area (Å²) in [7, 11) is 1.70. The Kier molecular flexibility index (Phi) is 26.1. The molecule has 222 valence electrons. The Balaban J connectivity index is 3.17. The van der Waals surface area contributed by atoms with Crippen molar-refractivity contribution in [1.29, 1.82) is 0 Å². The zero-order chi connectivity index (χ0) is 27.5. The Morgan fingerprint density at radius 1 is 0.541 bits per heavy atom. The van der Waals surface area contributed by atoms with Gasteiger partial charge in [0.1, 0.15) is 5.60 Å². The molecule has 37 heavy (non-hydrogen) atoms. The van der Waals surface area contributed by atoms with Crippen LogP contribution in [0.25, 0.3) is 0 Å². The monoisotopic (exact) mass is 531 g/mol. The number of amides is 1. The van der Waals surface area contributed by atoms with Crippen molar-refractivity contribution in [2.75, 3.05) is 66.4 Å². The van der Waals surface area contributed by atoms with Gasteiger partial charge in [-0.3, -0.25) is 0 Å². The quantitative estimate of drug-likeness (QED) is 0.103. The van der Waals surface area contributed by atoms with Gasteiger partial charge < -0.3 is 28.6 Å². The molecule has 0 heterocycles. The van der Waals surface area contributed by atoms with Crippen LogP contribution in [0, 0.1) is 0 Å². The minimum absolute atomic E-state index is 0.340. The molecule has 0 saturated heterocycles. The largest absolute Gasteiger partial charge is 0.444 e. The SMILES string of the molecule is CCCCCCCCCCCCCCCCOCCOCCOCCOCCN(C)C(=O)OC(C)(C)C. The van der Waals surface area contributed by atoms with Crippen molar-refractivity contribution in [3.05, 3.63) is 0 Å². The van der Waals surface area contributed by atoms with E-state index in [9.17, 15) is 4.79 Å². The first-order valence-corrected chi connectivity index (χ1v) is 15.1. The molecule has 0 radical (unpaired) electrons. The third kappa shape index (κ3) is 29.5. The summed E-state index contributed by atoms with van der Waals surface area (Å²) >= 11 is 0. The van der Waals surface area contributed by atoms with Gasteiger partial charge in [-0.25, -0.2) is 4.79 Å². The highest BCUT2D eigenvalue weighted by molar-refractivity contribution is 5.67. The second kappa shape index (κ2) is 26.7. The number of nitrogens with zero attached hydrogens (tertiary/aromatic N) is 1. The maximum atomic E-state index is 11.8. The lowest BCUT2D eigenvalue weighted by Crippen LogP contribution is -2.36. The summed E-state index contributed by atoms with van der Waals surface area (Å²) < 4.78 is 27.5. The minimum Gasteiger partial charge on any atom is -0.444 e. The number of carbonyl (C=O) groups excluding carboxylic acids is 1. The minimum atomic E-state index is -0.486. The van der Waals surface area contributed by atoms with Crippen LogP contribution in [-0.4, -0.2) is 83.0 Å². The molecule has 0 bridgehead atoms. The summed E-state index contributed by atoms with van der Waals surface area (Å²) in [4.78, 5) is 13.3. The highest BCUT2D eigenvalue weighted by Gasteiger charge is 2.19. The van der Waals surface area contributed by atoms with Crippen LogP contribution in [0.3, 0.4) is 0 Å². The Labute approximate surface area is 229 Å². The van der Waals surface area contributed by atoms with E-state index < -0.39 is 5.60 Å². The van der Waals surface area contributed by atoms with E-state index in [1.165, 1.54) is 88.4 Å². The lowest BCUT2D eigenvalue weighted by molar-refractivity contribution is -0.00593. The molecular weight excluding hydrogens is 470 g/mol. The van der Waals surface area contributed by atoms with Crippen LogP contribution in [0.5, 0.6) is 0 Å². The summed E-state index contributed by atoms with van der Waals surface area (Å²) in [6, 6.07) is 0. The molecule has 0 aliphatic carbocycles. The first-order chi connectivity index (χ1) is 17.9. The molecule has 0 atom stereocenters. The smallest absolute Gasteiger partial charge is 0.410 e. The lowest BCUT2D eigenvalue weighted by Gasteiger charge is -2.24. The van der Waals surface area contributed by atoms with Gasteiger partial charge in [0.25, 0.3) is 0 Å². The van der Waals surface area contributed by atoms with E-state index in [0.717, 1.165) is 13.0 Å². The number of ether oxygens (including phenoxy) is 5. The highest BCUT2D eigenvalue weighted by atomic mass is 16.6. The summed E-state index contributed by atoms with van der Waals surface area (Å²) in [5, 5.41) is 0. The number of unbranched alkanes of at least 4 members (excludes halogenated alkanes) is 13. The zero-order valence-corrected chi connectivity index (χ0v) is 25.2. The molecule has 0 aliphatic heterocycles. The van der Waals surface area contributed by atoms with Crippen LogP contribution in [0.2, 0.25) is 0 Å². The second-order valence-electron chi connectivity index (χ2n) is 10.9. The average Bonchev–Trinajstić information content (AvgIpc) is 2.85. The Morgan fingerprint density at radius 2 is 0.892 bits per heavy atom. The summed E-state index contributed by atoms with van der Waals surface area (Å²) in [6.45, 7) is 13.0. The topological polar surface area (TPSA) is 66.5 Å². The zero-order valence-electron chi connectivity index (χ0n) is 25.2. The first-order valence-electron chi connectivity index (χ1n) is 15.1. The standard InChI is InChI=1S/C30H61NO6/c1-6-7-8-9-10-11-12-13-14-15-16-17-18-19-21-33-23-25-35-27-28-36-26-24-34-22-20-31(5)29(32)37-30(2,3)4/h6-28H2,1-5H3. The molecule has 7 nitrogen and oxygen atoms in total. The number of hydrogen-bond acceptors (Lipinski definition) is 6. The fourth-order valence-corrected chi connectivity index (χ4v) is 3.79. The molecule has 0 aromatic carbocycles. The van der Waals surface area contributed by atoms with Gasteiger partial charge >= 0.3 is 6.09 Å². The number of likely N-dealkylation sites (N-methyl/N-ethyl adjacent to an activating group) is 1. The maximum absolute atomic E-state index is 11.8. The molecule has 0 aromatic rings. The van der Waals surface area contributed by atoms with E-state index in [1.807, 2.05) is 20.8 Å². The third-order valence-electron chi connectivity index (χ3n) is 6.03. The number of rotatable bonds is 27. The molecule has 1 amide bonds. The molecule has 7 heteroatoms. The van der Waals surface area contributed by atoms with Gasteiger partial charge in [-0.2, -0.15) is 0 Å². The van der Waals surface area contributed by atoms with Crippen molar-refractivity contribution in [3.8, 4) is 0 Å². The predicted molar refractivity (Wildman–Crippen MR) is 152 cm³/mol. The van der Waals surface area contributed by atoms with E-state index in [0.29, 0.717) is 52.8 Å². The van der Waals surface area contributed by atoms with Gasteiger partial charge in [0, 0.05) is 20.2 Å². The van der Waals surface area contributed by atoms with E-state index in [2.05, 4.69) is 6.92 Å². The van der Waals surface area contributed by atoms with Crippen LogP contribution in [0.4, 0.5) is 4.79 Å². The van der Waals surface area contributed by atoms with Gasteiger partial charge in [-0.05, 0) is 27.2 Å². The van der Waals surface area contributed by atoms with E-state index >= 15 is 0 Å². The van der Waals surface area contributed by atoms with Crippen LogP contribution in [0.1, 0.15) is 118 Å². The van der Waals surface area contributed by atoms with Crippen LogP contribution in [0.15, 0.2) is 0 Å². The predicted octanol–water partition coefficient (Wildman–Crippen LogP) is 7.40. The Bertz CT molecular complexity index is 483. The van der Waals surface area contributed by atoms with E-state index in [4.69, 9.17) is 23.7 Å². The first kappa shape index (κ1) is 36.1. The van der Waals surface area contributed by atoms with Crippen molar-refractivity contribution in [1.82, 2.24) is 4.90 Å². The van der Waals surface area contributed by atoms with Gasteiger partial charge in [0.2, 0.25) is 0 Å². The van der Waals surface area contributed by atoms with Crippen molar-refractivity contribution in [2.45, 2.75) is 123 Å². The fraction of sp³-hybridized carbons (Fsp3) is 0.967. The van der Waals surface area contributed by atoms with Crippen molar-refractivity contribution >= 4 is 6.09 Å². The van der Waals surface area contributed by atoms with Gasteiger partial charge in [-0.1, -0.05) is 90.4 Å². The Morgan fingerprint density at radius 3 is 1.30 bits per heavy atom. The molecule has 0 rings (SSSR count). The molecular formula is C30H61NO6. The van der Waals surface area contributed by atoms with E-state index in [1.54, 1.807) is 7.05 Å². The van der Waals surface area contributed by atoms with Crippen molar-refractivity contribution < 1.29 is 28.5 Å². The van der Waals surface area contributed by atoms with Crippen LogP contribution in [-0.2, 0) is 23.7 Å². The molecule has 0 aliphatic rings. The summed E-state index contributed by atoms with van der Waals surface area (Å²) in [5.41, 5.74) is -0.486. The third-order valence-corrected chi connectivity index (χ3v) is 6.03. The Hall–Kier alpha value is -0.890. The average molecular weight is 532 g/mol.